The van der Waals surface area contributed by atoms with E-state index in [1.165, 1.54) is 18.9 Å². The molecule has 0 atom stereocenters. The van der Waals surface area contributed by atoms with Gasteiger partial charge in [-0.05, 0) is 18.9 Å². The van der Waals surface area contributed by atoms with E-state index in [2.05, 4.69) is 12.1 Å². The zero-order valence-corrected chi connectivity index (χ0v) is 17.0. The smallest absolute Gasteiger partial charge is 0.156 e. The van der Waals surface area contributed by atoms with Crippen molar-refractivity contribution in [2.24, 2.45) is 5.16 Å². The Bertz CT molecular complexity index is 552. The summed E-state index contributed by atoms with van der Waals surface area (Å²) in [4.78, 5) is 5.12. The summed E-state index contributed by atoms with van der Waals surface area (Å²) in [6.07, 6.45) is 7.69. The van der Waals surface area contributed by atoms with Gasteiger partial charge in [-0.3, -0.25) is 0 Å². The topological polar surface area (TPSA) is 40.0 Å². The average Bonchev–Trinajstić information content (AvgIpc) is 2.55. The molecule has 0 radical (unpaired) electrons. The molecule has 8 heteroatoms. The predicted molar refractivity (Wildman–Crippen MR) is 106 cm³/mol. The zero-order valence-electron chi connectivity index (χ0n) is 13.9. The van der Waals surface area contributed by atoms with Gasteiger partial charge in [0.1, 0.15) is 23.5 Å². The zero-order chi connectivity index (χ0) is 18.5. The first kappa shape index (κ1) is 22.2. The molecule has 0 fully saturated rings. The number of nitrogens with zero attached hydrogens (tertiary/aromatic N) is 1. The lowest BCUT2D eigenvalue weighted by Gasteiger charge is -2.11. The van der Waals surface area contributed by atoms with Crippen molar-refractivity contribution in [3.8, 4) is 11.5 Å². The van der Waals surface area contributed by atoms with Gasteiger partial charge in [0.05, 0.1) is 10.0 Å². The minimum absolute atomic E-state index is 0.130. The van der Waals surface area contributed by atoms with Crippen LogP contribution in [0.5, 0.6) is 11.5 Å². The molecular formula is C17H21Cl4NO3. The molecule has 0 amide bonds. The van der Waals surface area contributed by atoms with Crippen molar-refractivity contribution < 1.29 is 14.3 Å². The maximum atomic E-state index is 6.16. The number of benzene rings is 1. The predicted octanol–water partition coefficient (Wildman–Crippen LogP) is 6.65. The summed E-state index contributed by atoms with van der Waals surface area (Å²) in [5.41, 5.74) is 0. The van der Waals surface area contributed by atoms with Crippen molar-refractivity contribution in [1.82, 2.24) is 0 Å². The van der Waals surface area contributed by atoms with E-state index in [0.29, 0.717) is 28.2 Å². The second-order valence-corrected chi connectivity index (χ2v) is 6.81. The van der Waals surface area contributed by atoms with Gasteiger partial charge in [0.25, 0.3) is 0 Å². The van der Waals surface area contributed by atoms with Crippen LogP contribution in [-0.4, -0.2) is 26.0 Å². The lowest BCUT2D eigenvalue weighted by molar-refractivity contribution is 0.108. The van der Waals surface area contributed by atoms with Crippen LogP contribution >= 0.6 is 46.4 Å². The van der Waals surface area contributed by atoms with Gasteiger partial charge in [0.15, 0.2) is 12.4 Å². The van der Waals surface area contributed by atoms with E-state index < -0.39 is 0 Å². The van der Waals surface area contributed by atoms with Gasteiger partial charge in [0, 0.05) is 18.3 Å². The molecule has 0 unspecified atom stereocenters. The minimum atomic E-state index is 0.130. The van der Waals surface area contributed by atoms with Crippen LogP contribution in [0.2, 0.25) is 10.0 Å². The van der Waals surface area contributed by atoms with Crippen LogP contribution in [0.15, 0.2) is 27.9 Å². The van der Waals surface area contributed by atoms with E-state index in [0.717, 1.165) is 12.8 Å². The van der Waals surface area contributed by atoms with Crippen molar-refractivity contribution in [3.63, 3.8) is 0 Å². The maximum Gasteiger partial charge on any atom is 0.156 e. The van der Waals surface area contributed by atoms with E-state index in [1.807, 2.05) is 0 Å². The fraction of sp³-hybridized carbons (Fsp3) is 0.471. The summed E-state index contributed by atoms with van der Waals surface area (Å²) in [6.45, 7) is 2.94. The monoisotopic (exact) mass is 427 g/mol. The molecule has 1 aromatic rings. The first-order valence-corrected chi connectivity index (χ1v) is 9.45. The molecule has 0 N–H and O–H groups in total. The molecule has 0 spiro atoms. The summed E-state index contributed by atoms with van der Waals surface area (Å²) >= 11 is 23.3. The first-order chi connectivity index (χ1) is 12.0. The van der Waals surface area contributed by atoms with Gasteiger partial charge >= 0.3 is 0 Å². The van der Waals surface area contributed by atoms with Crippen LogP contribution in [0.4, 0.5) is 0 Å². The van der Waals surface area contributed by atoms with Gasteiger partial charge in [0.2, 0.25) is 0 Å². The fourth-order valence-electron chi connectivity index (χ4n) is 1.78. The summed E-state index contributed by atoms with van der Waals surface area (Å²) in [7, 11) is 0. The Morgan fingerprint density at radius 3 is 2.44 bits per heavy atom. The summed E-state index contributed by atoms with van der Waals surface area (Å²) in [6, 6.07) is 3.21. The average molecular weight is 429 g/mol. The Morgan fingerprint density at radius 2 is 1.80 bits per heavy atom. The Hall–Kier alpha value is -0.810. The van der Waals surface area contributed by atoms with Crippen molar-refractivity contribution >= 4 is 52.6 Å². The van der Waals surface area contributed by atoms with Crippen molar-refractivity contribution in [3.05, 3.63) is 32.7 Å². The van der Waals surface area contributed by atoms with Crippen LogP contribution in [-0.2, 0) is 4.84 Å². The fourth-order valence-corrected chi connectivity index (χ4v) is 2.49. The maximum absolute atomic E-state index is 6.16. The highest BCUT2D eigenvalue weighted by atomic mass is 35.5. The second-order valence-electron chi connectivity index (χ2n) is 4.99. The third-order valence-electron chi connectivity index (χ3n) is 2.97. The number of halogens is 4. The first-order valence-electron chi connectivity index (χ1n) is 7.94. The number of hydrogen-bond donors (Lipinski definition) is 0. The SMILES string of the molecule is CCCCC/C=N/OCCOc1c(Cl)cc(OCC=C(Cl)Cl)cc1Cl. The standard InChI is InChI=1S/C17H21Cl4NO3/c1-2-3-4-5-7-22-25-10-9-24-17-14(18)11-13(12-15(17)19)23-8-6-16(20)21/h6-7,11-12H,2-5,8-10H2,1H3/b22-7+. The van der Waals surface area contributed by atoms with Gasteiger partial charge in [-0.25, -0.2) is 0 Å². The highest BCUT2D eigenvalue weighted by Gasteiger charge is 2.10. The number of unbranched alkanes of at least 4 members (excludes halogenated alkanes) is 3. The number of ether oxygens (including phenoxy) is 2. The van der Waals surface area contributed by atoms with Crippen LogP contribution < -0.4 is 9.47 Å². The summed E-state index contributed by atoms with van der Waals surface area (Å²) in [5, 5.41) is 4.54. The third-order valence-corrected chi connectivity index (χ3v) is 3.84. The molecule has 0 saturated heterocycles. The number of oxime groups is 1. The van der Waals surface area contributed by atoms with Gasteiger partial charge < -0.3 is 14.3 Å². The molecule has 0 bridgehead atoms. The molecule has 0 aliphatic rings. The van der Waals surface area contributed by atoms with E-state index in [9.17, 15) is 0 Å². The normalized spacial score (nSPS) is 10.8. The number of rotatable bonds is 12. The van der Waals surface area contributed by atoms with Crippen LogP contribution in [0, 0.1) is 0 Å². The molecular weight excluding hydrogens is 408 g/mol. The lowest BCUT2D eigenvalue weighted by atomic mass is 10.2. The lowest BCUT2D eigenvalue weighted by Crippen LogP contribution is -2.05. The second kappa shape index (κ2) is 13.4. The van der Waals surface area contributed by atoms with Crippen molar-refractivity contribution in [2.75, 3.05) is 19.8 Å². The molecule has 25 heavy (non-hydrogen) atoms. The van der Waals surface area contributed by atoms with Crippen molar-refractivity contribution in [2.45, 2.75) is 32.6 Å². The van der Waals surface area contributed by atoms with E-state index in [4.69, 9.17) is 60.7 Å². The highest BCUT2D eigenvalue weighted by Crippen LogP contribution is 2.36. The third kappa shape index (κ3) is 10.0. The molecule has 1 aromatic carbocycles. The summed E-state index contributed by atoms with van der Waals surface area (Å²) < 4.78 is 11.1. The Morgan fingerprint density at radius 1 is 1.08 bits per heavy atom. The van der Waals surface area contributed by atoms with Gasteiger partial charge in [-0.15, -0.1) is 0 Å². The molecule has 0 saturated carbocycles. The van der Waals surface area contributed by atoms with Gasteiger partial charge in [-0.2, -0.15) is 0 Å². The highest BCUT2D eigenvalue weighted by molar-refractivity contribution is 6.55. The molecule has 1 rings (SSSR count). The van der Waals surface area contributed by atoms with E-state index >= 15 is 0 Å². The van der Waals surface area contributed by atoms with Crippen LogP contribution in [0.25, 0.3) is 0 Å². The molecule has 0 heterocycles. The van der Waals surface area contributed by atoms with Crippen LogP contribution in [0.3, 0.4) is 0 Å². The summed E-state index contributed by atoms with van der Waals surface area (Å²) in [5.74, 6) is 0.859. The quantitative estimate of drug-likeness (QED) is 0.212. The Labute approximate surface area is 168 Å². The minimum Gasteiger partial charge on any atom is -0.489 e. The Balaban J connectivity index is 2.37. The molecule has 0 aliphatic heterocycles. The molecule has 0 aromatic heterocycles. The largest absolute Gasteiger partial charge is 0.489 e. The van der Waals surface area contributed by atoms with Crippen molar-refractivity contribution in [1.29, 1.82) is 0 Å². The van der Waals surface area contributed by atoms with E-state index in [1.54, 1.807) is 18.3 Å². The Kier molecular flexibility index (Phi) is 11.9. The number of hydrogen-bond acceptors (Lipinski definition) is 4. The van der Waals surface area contributed by atoms with E-state index in [-0.39, 0.29) is 17.7 Å². The molecule has 0 aliphatic carbocycles. The van der Waals surface area contributed by atoms with Gasteiger partial charge in [-0.1, -0.05) is 71.3 Å². The van der Waals surface area contributed by atoms with Crippen LogP contribution in [0.1, 0.15) is 32.6 Å². The molecule has 140 valence electrons. The molecule has 4 nitrogen and oxygen atoms in total.